The molecule has 0 saturated heterocycles. The van der Waals surface area contributed by atoms with Crippen molar-refractivity contribution in [2.24, 2.45) is 0 Å². The minimum atomic E-state index is -4.19. The molecule has 2 amide bonds. The molecule has 0 radical (unpaired) electrons. The maximum Gasteiger partial charge on any atom is 0.264 e. The smallest absolute Gasteiger partial charge is 0.264 e. The van der Waals surface area contributed by atoms with Crippen molar-refractivity contribution in [2.75, 3.05) is 18.0 Å². The summed E-state index contributed by atoms with van der Waals surface area (Å²) in [6, 6.07) is 18.5. The minimum absolute atomic E-state index is 0.0207. The maximum absolute atomic E-state index is 14.3. The van der Waals surface area contributed by atoms with E-state index in [-0.39, 0.29) is 29.1 Å². The molecule has 0 heterocycles. The fourth-order valence-corrected chi connectivity index (χ4v) is 7.10. The molecule has 1 N–H and O–H groups in total. The Kier molecular flexibility index (Phi) is 10.8. The van der Waals surface area contributed by atoms with E-state index in [1.54, 1.807) is 60.7 Å². The van der Waals surface area contributed by atoms with Crippen LogP contribution in [-0.2, 0) is 26.2 Å². The quantitative estimate of drug-likeness (QED) is 0.262. The van der Waals surface area contributed by atoms with Crippen LogP contribution in [0.15, 0.2) is 77.7 Å². The third-order valence-corrected chi connectivity index (χ3v) is 9.93. The lowest BCUT2D eigenvalue weighted by Gasteiger charge is -2.34. The van der Waals surface area contributed by atoms with Crippen molar-refractivity contribution >= 4 is 50.7 Å². The summed E-state index contributed by atoms with van der Waals surface area (Å²) >= 11 is 13.0. The average molecular weight is 633 g/mol. The van der Waals surface area contributed by atoms with Crippen LogP contribution in [0, 0.1) is 0 Å². The predicted octanol–water partition coefficient (Wildman–Crippen LogP) is 6.06. The van der Waals surface area contributed by atoms with Crippen molar-refractivity contribution < 1.29 is 22.7 Å². The number of ether oxygens (including phenoxy) is 1. The van der Waals surface area contributed by atoms with Crippen molar-refractivity contribution in [3.63, 3.8) is 0 Å². The molecule has 3 aromatic rings. The SMILES string of the molecule is CCC(C(=O)NC1CCCC1)N(Cc1c(Cl)cccc1Cl)C(=O)CN(c1cccc(OC)c1)S(=O)(=O)c1ccccc1. The first-order chi connectivity index (χ1) is 20.1. The Morgan fingerprint density at radius 1 is 0.976 bits per heavy atom. The fourth-order valence-electron chi connectivity index (χ4n) is 5.15. The van der Waals surface area contributed by atoms with Gasteiger partial charge in [0.2, 0.25) is 11.8 Å². The van der Waals surface area contributed by atoms with E-state index in [1.165, 1.54) is 24.1 Å². The van der Waals surface area contributed by atoms with Crippen LogP contribution in [0.25, 0.3) is 0 Å². The molecule has 1 atom stereocenters. The molecule has 1 unspecified atom stereocenters. The van der Waals surface area contributed by atoms with Crippen LogP contribution in [0.1, 0.15) is 44.6 Å². The molecule has 1 fully saturated rings. The molecule has 3 aromatic carbocycles. The van der Waals surface area contributed by atoms with Crippen LogP contribution >= 0.6 is 23.2 Å². The summed E-state index contributed by atoms with van der Waals surface area (Å²) in [6.07, 6.45) is 4.13. The number of halogens is 2. The van der Waals surface area contributed by atoms with Crippen molar-refractivity contribution in [1.29, 1.82) is 0 Å². The summed E-state index contributed by atoms with van der Waals surface area (Å²) < 4.78 is 34.3. The Morgan fingerprint density at radius 3 is 2.24 bits per heavy atom. The molecule has 4 rings (SSSR count). The summed E-state index contributed by atoms with van der Waals surface area (Å²) in [5, 5.41) is 3.77. The van der Waals surface area contributed by atoms with E-state index in [1.807, 2.05) is 6.92 Å². The first kappa shape index (κ1) is 31.7. The van der Waals surface area contributed by atoms with Crippen LogP contribution in [0.5, 0.6) is 5.75 Å². The van der Waals surface area contributed by atoms with Crippen LogP contribution in [0.2, 0.25) is 10.0 Å². The monoisotopic (exact) mass is 631 g/mol. The number of hydrogen-bond acceptors (Lipinski definition) is 5. The number of methoxy groups -OCH3 is 1. The van der Waals surface area contributed by atoms with E-state index in [4.69, 9.17) is 27.9 Å². The zero-order valence-electron chi connectivity index (χ0n) is 23.6. The van der Waals surface area contributed by atoms with Gasteiger partial charge in [-0.3, -0.25) is 13.9 Å². The van der Waals surface area contributed by atoms with Crippen molar-refractivity contribution in [3.05, 3.63) is 88.4 Å². The lowest BCUT2D eigenvalue weighted by molar-refractivity contribution is -0.140. The number of benzene rings is 3. The van der Waals surface area contributed by atoms with Gasteiger partial charge in [0.15, 0.2) is 0 Å². The van der Waals surface area contributed by atoms with Gasteiger partial charge in [-0.25, -0.2) is 8.42 Å². The van der Waals surface area contributed by atoms with E-state index in [0.717, 1.165) is 30.0 Å². The molecule has 1 aliphatic carbocycles. The first-order valence-corrected chi connectivity index (χ1v) is 16.1. The molecule has 1 saturated carbocycles. The van der Waals surface area contributed by atoms with E-state index in [2.05, 4.69) is 5.32 Å². The Morgan fingerprint density at radius 2 is 1.62 bits per heavy atom. The van der Waals surface area contributed by atoms with Crippen LogP contribution in [-0.4, -0.2) is 50.9 Å². The van der Waals surface area contributed by atoms with Gasteiger partial charge in [-0.2, -0.15) is 0 Å². The number of carbonyl (C=O) groups is 2. The second-order valence-electron chi connectivity index (χ2n) is 10.2. The Balaban J connectivity index is 1.75. The number of sulfonamides is 1. The maximum atomic E-state index is 14.3. The highest BCUT2D eigenvalue weighted by molar-refractivity contribution is 7.92. The Labute approximate surface area is 257 Å². The van der Waals surface area contributed by atoms with E-state index >= 15 is 0 Å². The van der Waals surface area contributed by atoms with E-state index in [9.17, 15) is 18.0 Å². The highest BCUT2D eigenvalue weighted by Crippen LogP contribution is 2.30. The van der Waals surface area contributed by atoms with Gasteiger partial charge in [-0.1, -0.05) is 73.3 Å². The number of carbonyl (C=O) groups excluding carboxylic acids is 2. The zero-order chi connectivity index (χ0) is 30.3. The highest BCUT2D eigenvalue weighted by atomic mass is 35.5. The summed E-state index contributed by atoms with van der Waals surface area (Å²) in [5.74, 6) is -0.447. The fraction of sp³-hybridized carbons (Fsp3) is 0.355. The summed E-state index contributed by atoms with van der Waals surface area (Å²) in [5.41, 5.74) is 0.714. The molecule has 0 aromatic heterocycles. The van der Waals surface area contributed by atoms with Gasteiger partial charge in [-0.05, 0) is 55.7 Å². The van der Waals surface area contributed by atoms with E-state index < -0.39 is 28.5 Å². The van der Waals surface area contributed by atoms with Gasteiger partial charge in [0.25, 0.3) is 10.0 Å². The Bertz CT molecular complexity index is 1480. The van der Waals surface area contributed by atoms with Crippen LogP contribution in [0.4, 0.5) is 5.69 Å². The van der Waals surface area contributed by atoms with Crippen LogP contribution in [0.3, 0.4) is 0 Å². The molecular formula is C31H35Cl2N3O5S. The third-order valence-electron chi connectivity index (χ3n) is 7.43. The normalized spacial score (nSPS) is 14.3. The molecule has 8 nitrogen and oxygen atoms in total. The molecule has 0 aliphatic heterocycles. The number of nitrogens with zero attached hydrogens (tertiary/aromatic N) is 2. The molecule has 1 aliphatic rings. The number of amides is 2. The first-order valence-electron chi connectivity index (χ1n) is 13.9. The van der Waals surface area contributed by atoms with Gasteiger partial charge < -0.3 is 15.0 Å². The van der Waals surface area contributed by atoms with Gasteiger partial charge in [0.05, 0.1) is 17.7 Å². The molecular weight excluding hydrogens is 597 g/mol. The summed E-state index contributed by atoms with van der Waals surface area (Å²) in [4.78, 5) is 29.2. The average Bonchev–Trinajstić information content (AvgIpc) is 3.50. The number of anilines is 1. The Hall–Kier alpha value is -3.27. The molecule has 0 bridgehead atoms. The van der Waals surface area contributed by atoms with Gasteiger partial charge in [-0.15, -0.1) is 0 Å². The molecule has 11 heteroatoms. The van der Waals surface area contributed by atoms with E-state index in [0.29, 0.717) is 27.8 Å². The highest BCUT2D eigenvalue weighted by Gasteiger charge is 2.35. The van der Waals surface area contributed by atoms with Crippen molar-refractivity contribution in [2.45, 2.75) is 62.6 Å². The number of hydrogen-bond donors (Lipinski definition) is 1. The van der Waals surface area contributed by atoms with Crippen molar-refractivity contribution in [3.8, 4) is 5.75 Å². The predicted molar refractivity (Wildman–Crippen MR) is 165 cm³/mol. The minimum Gasteiger partial charge on any atom is -0.497 e. The second kappa shape index (κ2) is 14.3. The molecule has 224 valence electrons. The van der Waals surface area contributed by atoms with Crippen molar-refractivity contribution in [1.82, 2.24) is 10.2 Å². The largest absolute Gasteiger partial charge is 0.497 e. The zero-order valence-corrected chi connectivity index (χ0v) is 26.0. The second-order valence-corrected chi connectivity index (χ2v) is 12.8. The summed E-state index contributed by atoms with van der Waals surface area (Å²) in [7, 11) is -2.71. The molecule has 0 spiro atoms. The third kappa shape index (κ3) is 7.38. The lowest BCUT2D eigenvalue weighted by Crippen LogP contribution is -2.53. The molecule has 42 heavy (non-hydrogen) atoms. The van der Waals surface area contributed by atoms with Gasteiger partial charge in [0.1, 0.15) is 18.3 Å². The summed E-state index contributed by atoms with van der Waals surface area (Å²) in [6.45, 7) is 1.17. The van der Waals surface area contributed by atoms with Crippen LogP contribution < -0.4 is 14.4 Å². The standard InChI is InChI=1S/C31H35Cl2N3O5S/c1-3-29(31(38)34-22-11-7-8-12-22)35(20-26-27(32)17-10-18-28(26)33)30(37)21-36(23-13-9-14-24(19-23)41-2)42(39,40)25-15-5-4-6-16-25/h4-6,9-10,13-19,22,29H,3,7-8,11-12,20-21H2,1-2H3,(H,34,38). The topological polar surface area (TPSA) is 96.0 Å². The van der Waals surface area contributed by atoms with Gasteiger partial charge >= 0.3 is 0 Å². The number of rotatable bonds is 12. The van der Waals surface area contributed by atoms with Gasteiger partial charge in [0, 0.05) is 34.3 Å². The number of nitrogens with one attached hydrogen (secondary N) is 1. The lowest BCUT2D eigenvalue weighted by atomic mass is 10.1.